The second kappa shape index (κ2) is 21.4. The highest BCUT2D eigenvalue weighted by molar-refractivity contribution is 5.69. The van der Waals surface area contributed by atoms with Gasteiger partial charge in [-0.15, -0.1) is 0 Å². The average molecular weight is 487 g/mol. The Labute approximate surface area is 196 Å². The fourth-order valence-corrected chi connectivity index (χ4v) is 3.85. The summed E-state index contributed by atoms with van der Waals surface area (Å²) >= 11 is 0. The zero-order valence-corrected chi connectivity index (χ0v) is 21.2. The van der Waals surface area contributed by atoms with Gasteiger partial charge >= 0.3 is 5.97 Å². The van der Waals surface area contributed by atoms with Crippen LogP contribution in [0.5, 0.6) is 0 Å². The third-order valence-corrected chi connectivity index (χ3v) is 5.77. The van der Waals surface area contributed by atoms with E-state index in [0.29, 0.717) is 19.1 Å². The molecule has 0 amide bonds. The van der Waals surface area contributed by atoms with Crippen molar-refractivity contribution in [3.05, 3.63) is 18.7 Å². The molecule has 5 heteroatoms. The molecule has 0 fully saturated rings. The molecular weight excluding hydrogens is 440 g/mol. The Morgan fingerprint density at radius 2 is 1.40 bits per heavy atom. The van der Waals surface area contributed by atoms with Crippen LogP contribution < -0.4 is 17.0 Å². The Hall–Kier alpha value is -0.840. The lowest BCUT2D eigenvalue weighted by Crippen LogP contribution is -3.00. The molecule has 0 spiro atoms. The normalized spacial score (nSPS) is 11.8. The van der Waals surface area contributed by atoms with Gasteiger partial charge < -0.3 is 26.3 Å². The van der Waals surface area contributed by atoms with Gasteiger partial charge in [0.15, 0.2) is 0 Å². The molecule has 0 saturated heterocycles. The van der Waals surface area contributed by atoms with Gasteiger partial charge in [-0.1, -0.05) is 90.9 Å². The topological polar surface area (TPSA) is 44.1 Å². The van der Waals surface area contributed by atoms with Crippen LogP contribution in [0.25, 0.3) is 0 Å². The molecule has 176 valence electrons. The number of aromatic nitrogens is 2. The summed E-state index contributed by atoms with van der Waals surface area (Å²) in [5, 5.41) is 0. The number of nitrogens with zero attached hydrogens (tertiary/aromatic N) is 2. The smallest absolute Gasteiger partial charge is 0.305 e. The van der Waals surface area contributed by atoms with Gasteiger partial charge in [0.2, 0.25) is 0 Å². The summed E-state index contributed by atoms with van der Waals surface area (Å²) in [6, 6.07) is 0.613. The van der Waals surface area contributed by atoms with Crippen molar-refractivity contribution in [3.63, 3.8) is 0 Å². The molecule has 0 aliphatic rings. The molecule has 1 atom stereocenters. The van der Waals surface area contributed by atoms with Crippen molar-refractivity contribution in [1.82, 2.24) is 9.55 Å². The first-order valence-corrected chi connectivity index (χ1v) is 12.4. The lowest BCUT2D eigenvalue weighted by molar-refractivity contribution is -0.143. The fraction of sp³-hybridized carbons (Fsp3) is 0.840. The Balaban J connectivity index is 0.00000841. The summed E-state index contributed by atoms with van der Waals surface area (Å²) in [7, 11) is 0. The zero-order valence-electron chi connectivity index (χ0n) is 19.6. The Bertz CT molecular complexity index is 480. The molecule has 0 aliphatic heterocycles. The molecule has 1 heterocycles. The van der Waals surface area contributed by atoms with Crippen LogP contribution in [0.2, 0.25) is 0 Å². The SMILES string of the molecule is CCCCCCCCC(CCCCCCCCC(=O)OCCCC)n1ccnc1.[Br-]. The fourth-order valence-electron chi connectivity index (χ4n) is 3.85. The predicted octanol–water partition coefficient (Wildman–Crippen LogP) is 4.64. The van der Waals surface area contributed by atoms with E-state index < -0.39 is 0 Å². The highest BCUT2D eigenvalue weighted by atomic mass is 79.9. The number of imidazole rings is 1. The predicted molar refractivity (Wildman–Crippen MR) is 122 cm³/mol. The van der Waals surface area contributed by atoms with E-state index in [1.54, 1.807) is 0 Å². The van der Waals surface area contributed by atoms with E-state index >= 15 is 0 Å². The van der Waals surface area contributed by atoms with Crippen LogP contribution in [-0.4, -0.2) is 22.1 Å². The van der Waals surface area contributed by atoms with Crippen LogP contribution in [0.4, 0.5) is 0 Å². The first-order chi connectivity index (χ1) is 14.3. The highest BCUT2D eigenvalue weighted by Crippen LogP contribution is 2.23. The number of halogens is 1. The average Bonchev–Trinajstić information content (AvgIpc) is 3.25. The quantitative estimate of drug-likeness (QED) is 0.199. The summed E-state index contributed by atoms with van der Waals surface area (Å²) in [5.41, 5.74) is 0. The molecule has 1 aromatic rings. The molecular formula is C25H46BrN2O2-. The van der Waals surface area contributed by atoms with Gasteiger partial charge in [0.25, 0.3) is 0 Å². The monoisotopic (exact) mass is 485 g/mol. The summed E-state index contributed by atoms with van der Waals surface area (Å²) in [6.07, 6.45) is 26.6. The van der Waals surface area contributed by atoms with Crippen molar-refractivity contribution in [2.45, 2.75) is 129 Å². The van der Waals surface area contributed by atoms with E-state index in [0.717, 1.165) is 25.7 Å². The van der Waals surface area contributed by atoms with E-state index in [-0.39, 0.29) is 23.0 Å². The molecule has 1 rings (SSSR count). The van der Waals surface area contributed by atoms with Crippen molar-refractivity contribution in [1.29, 1.82) is 0 Å². The summed E-state index contributed by atoms with van der Waals surface area (Å²) < 4.78 is 7.52. The van der Waals surface area contributed by atoms with Crippen LogP contribution in [0.15, 0.2) is 18.7 Å². The van der Waals surface area contributed by atoms with Gasteiger partial charge in [-0.05, 0) is 25.7 Å². The minimum Gasteiger partial charge on any atom is -1.00 e. The number of unbranched alkanes of at least 4 members (excludes halogenated alkanes) is 11. The lowest BCUT2D eigenvalue weighted by atomic mass is 10.00. The minimum absolute atomic E-state index is 0. The number of ether oxygens (including phenoxy) is 1. The summed E-state index contributed by atoms with van der Waals surface area (Å²) in [5.74, 6) is -0.0173. The Kier molecular flexibility index (Phi) is 20.8. The first kappa shape index (κ1) is 29.2. The third kappa shape index (κ3) is 15.9. The van der Waals surface area contributed by atoms with E-state index in [1.807, 2.05) is 12.5 Å². The maximum Gasteiger partial charge on any atom is 0.305 e. The van der Waals surface area contributed by atoms with Crippen LogP contribution in [0.3, 0.4) is 0 Å². The zero-order chi connectivity index (χ0) is 21.0. The van der Waals surface area contributed by atoms with Gasteiger partial charge in [0, 0.05) is 24.9 Å². The van der Waals surface area contributed by atoms with Crippen molar-refractivity contribution in [2.75, 3.05) is 6.61 Å². The maximum absolute atomic E-state index is 11.6. The highest BCUT2D eigenvalue weighted by Gasteiger charge is 2.10. The lowest BCUT2D eigenvalue weighted by Gasteiger charge is -2.18. The molecule has 0 radical (unpaired) electrons. The number of esters is 1. The molecule has 0 saturated carbocycles. The molecule has 1 aromatic heterocycles. The van der Waals surface area contributed by atoms with E-state index in [9.17, 15) is 4.79 Å². The van der Waals surface area contributed by atoms with Crippen molar-refractivity contribution in [2.24, 2.45) is 0 Å². The maximum atomic E-state index is 11.6. The van der Waals surface area contributed by atoms with Crippen LogP contribution >= 0.6 is 0 Å². The third-order valence-electron chi connectivity index (χ3n) is 5.77. The Morgan fingerprint density at radius 3 is 1.97 bits per heavy atom. The standard InChI is InChI=1S/C25H46N2O2.BrH/c1-3-5-7-8-11-14-17-24(27-21-20-26-23-27)18-15-12-9-10-13-16-19-25(28)29-22-6-4-2;/h20-21,23-24H,3-19,22H2,1-2H3;1H/p-1. The van der Waals surface area contributed by atoms with Gasteiger partial charge in [0.05, 0.1) is 12.9 Å². The van der Waals surface area contributed by atoms with Crippen LogP contribution in [0.1, 0.15) is 129 Å². The van der Waals surface area contributed by atoms with E-state index in [2.05, 4.69) is 29.6 Å². The van der Waals surface area contributed by atoms with Crippen LogP contribution in [-0.2, 0) is 9.53 Å². The summed E-state index contributed by atoms with van der Waals surface area (Å²) in [4.78, 5) is 15.8. The molecule has 0 N–H and O–H groups in total. The Morgan fingerprint density at radius 1 is 0.833 bits per heavy atom. The van der Waals surface area contributed by atoms with Gasteiger partial charge in [0.1, 0.15) is 0 Å². The second-order valence-corrected chi connectivity index (χ2v) is 8.45. The van der Waals surface area contributed by atoms with E-state index in [4.69, 9.17) is 4.74 Å². The molecule has 1 unspecified atom stereocenters. The van der Waals surface area contributed by atoms with Gasteiger partial charge in [-0.25, -0.2) is 4.98 Å². The van der Waals surface area contributed by atoms with Gasteiger partial charge in [-0.2, -0.15) is 0 Å². The van der Waals surface area contributed by atoms with Gasteiger partial charge in [-0.3, -0.25) is 4.79 Å². The second-order valence-electron chi connectivity index (χ2n) is 8.45. The molecule has 4 nitrogen and oxygen atoms in total. The minimum atomic E-state index is -0.0173. The number of carbonyl (C=O) groups excluding carboxylic acids is 1. The molecule has 0 bridgehead atoms. The first-order valence-electron chi connectivity index (χ1n) is 12.4. The van der Waals surface area contributed by atoms with Crippen molar-refractivity contribution >= 4 is 5.97 Å². The molecule has 0 aliphatic carbocycles. The summed E-state index contributed by atoms with van der Waals surface area (Å²) in [6.45, 7) is 4.98. The largest absolute Gasteiger partial charge is 1.00 e. The van der Waals surface area contributed by atoms with E-state index in [1.165, 1.54) is 77.0 Å². The molecule has 0 aromatic carbocycles. The molecule has 30 heavy (non-hydrogen) atoms. The number of hydrogen-bond acceptors (Lipinski definition) is 3. The number of carbonyl (C=O) groups is 1. The van der Waals surface area contributed by atoms with Crippen molar-refractivity contribution < 1.29 is 26.5 Å². The number of rotatable bonds is 20. The van der Waals surface area contributed by atoms with Crippen molar-refractivity contribution in [3.8, 4) is 0 Å². The van der Waals surface area contributed by atoms with Crippen LogP contribution in [0, 0.1) is 0 Å². The number of hydrogen-bond donors (Lipinski definition) is 0.